The van der Waals surface area contributed by atoms with Gasteiger partial charge in [0, 0.05) is 5.56 Å². The van der Waals surface area contributed by atoms with E-state index < -0.39 is 17.7 Å². The Morgan fingerprint density at radius 3 is 2.76 bits per heavy atom. The van der Waals surface area contributed by atoms with E-state index in [-0.39, 0.29) is 28.6 Å². The third kappa shape index (κ3) is 3.74. The van der Waals surface area contributed by atoms with Crippen molar-refractivity contribution in [1.82, 2.24) is 4.90 Å². The van der Waals surface area contributed by atoms with Gasteiger partial charge >= 0.3 is 0 Å². The van der Waals surface area contributed by atoms with Crippen molar-refractivity contribution in [2.45, 2.75) is 25.4 Å². The highest BCUT2D eigenvalue weighted by Crippen LogP contribution is 2.42. The molecule has 1 aromatic heterocycles. The number of ether oxygens (including phenoxy) is 1. The highest BCUT2D eigenvalue weighted by molar-refractivity contribution is 6.46. The van der Waals surface area contributed by atoms with E-state index in [1.54, 1.807) is 36.4 Å². The van der Waals surface area contributed by atoms with E-state index in [2.05, 4.69) is 0 Å². The number of aryl methyl sites for hydroxylation is 1. The molecule has 33 heavy (non-hydrogen) atoms. The molecule has 0 radical (unpaired) electrons. The number of Topliss-reactive ketones (excluding diaryl/α,β-unsaturated/α-hetero) is 1. The third-order valence-electron chi connectivity index (χ3n) is 5.92. The minimum Gasteiger partial charge on any atom is -0.507 e. The maximum absolute atomic E-state index is 13.1. The fourth-order valence-corrected chi connectivity index (χ4v) is 4.51. The van der Waals surface area contributed by atoms with Crippen molar-refractivity contribution in [2.24, 2.45) is 0 Å². The van der Waals surface area contributed by atoms with Gasteiger partial charge in [0.1, 0.15) is 23.0 Å². The van der Waals surface area contributed by atoms with Gasteiger partial charge in [-0.3, -0.25) is 9.59 Å². The van der Waals surface area contributed by atoms with Crippen LogP contribution in [-0.2, 0) is 22.6 Å². The van der Waals surface area contributed by atoms with Gasteiger partial charge in [0.05, 0.1) is 36.1 Å². The molecule has 3 aromatic rings. The lowest BCUT2D eigenvalue weighted by Gasteiger charge is -2.25. The second kappa shape index (κ2) is 8.33. The number of ketones is 1. The predicted molar refractivity (Wildman–Crippen MR) is 120 cm³/mol. The number of phenols is 1. The Hall–Kier alpha value is -3.71. The Labute approximate surface area is 194 Å². The monoisotopic (exact) mass is 465 g/mol. The molecule has 7 nitrogen and oxygen atoms in total. The van der Waals surface area contributed by atoms with Gasteiger partial charge in [0.25, 0.3) is 11.7 Å². The molecule has 168 valence electrons. The van der Waals surface area contributed by atoms with Gasteiger partial charge in [-0.25, -0.2) is 0 Å². The molecule has 1 fully saturated rings. The van der Waals surface area contributed by atoms with Crippen molar-refractivity contribution in [3.05, 3.63) is 87.8 Å². The predicted octanol–water partition coefficient (Wildman–Crippen LogP) is 4.59. The summed E-state index contributed by atoms with van der Waals surface area (Å²) in [7, 11) is 0. The summed E-state index contributed by atoms with van der Waals surface area (Å²) in [6.07, 6.45) is 3.13. The average molecular weight is 466 g/mol. The van der Waals surface area contributed by atoms with Crippen LogP contribution in [0.25, 0.3) is 5.76 Å². The Kier molecular flexibility index (Phi) is 5.34. The second-order valence-electron chi connectivity index (χ2n) is 7.99. The maximum atomic E-state index is 13.1. The van der Waals surface area contributed by atoms with E-state index in [9.17, 15) is 19.8 Å². The summed E-state index contributed by atoms with van der Waals surface area (Å²) < 4.78 is 11.0. The van der Waals surface area contributed by atoms with Crippen molar-refractivity contribution in [3.63, 3.8) is 0 Å². The van der Waals surface area contributed by atoms with Crippen LogP contribution in [0.5, 0.6) is 11.5 Å². The number of amides is 1. The second-order valence-corrected chi connectivity index (χ2v) is 8.40. The van der Waals surface area contributed by atoms with E-state index in [0.29, 0.717) is 23.5 Å². The van der Waals surface area contributed by atoms with Crippen LogP contribution in [0.4, 0.5) is 0 Å². The number of aromatic hydroxyl groups is 1. The minimum atomic E-state index is -0.916. The lowest BCUT2D eigenvalue weighted by molar-refractivity contribution is -0.140. The Morgan fingerprint density at radius 1 is 1.15 bits per heavy atom. The lowest BCUT2D eigenvalue weighted by Crippen LogP contribution is -2.29. The zero-order valence-electron chi connectivity index (χ0n) is 17.5. The molecule has 5 rings (SSSR count). The van der Waals surface area contributed by atoms with Gasteiger partial charge in [-0.1, -0.05) is 17.7 Å². The van der Waals surface area contributed by atoms with E-state index >= 15 is 0 Å². The molecule has 2 aliphatic rings. The first-order valence-electron chi connectivity index (χ1n) is 10.5. The number of carbonyl (C=O) groups excluding carboxylic acids is 2. The molecule has 1 amide bonds. The van der Waals surface area contributed by atoms with Gasteiger partial charge in [-0.05, 0) is 66.4 Å². The fraction of sp³-hybridized carbons (Fsp3) is 0.200. The number of rotatable bonds is 4. The first-order valence-corrected chi connectivity index (χ1v) is 10.9. The van der Waals surface area contributed by atoms with Crippen molar-refractivity contribution in [1.29, 1.82) is 0 Å². The molecule has 0 spiro atoms. The van der Waals surface area contributed by atoms with Crippen LogP contribution in [0.1, 0.15) is 34.9 Å². The van der Waals surface area contributed by atoms with E-state index in [4.69, 9.17) is 20.8 Å². The minimum absolute atomic E-state index is 0.0234. The molecule has 1 atom stereocenters. The number of nitrogens with zero attached hydrogens (tertiary/aromatic N) is 1. The number of halogens is 1. The van der Waals surface area contributed by atoms with Crippen LogP contribution in [0.3, 0.4) is 0 Å². The van der Waals surface area contributed by atoms with Gasteiger partial charge in [0.15, 0.2) is 0 Å². The molecule has 0 bridgehead atoms. The SMILES string of the molecule is O=C1C(=O)N(Cc2ccco2)C(c2ccc(O)c(Cl)c2)/C1=C(/O)c1ccc2c(c1)CCCO2. The van der Waals surface area contributed by atoms with Crippen molar-refractivity contribution >= 4 is 29.1 Å². The van der Waals surface area contributed by atoms with Crippen LogP contribution in [0, 0.1) is 0 Å². The number of phenolic OH excluding ortho intramolecular Hbond substituents is 1. The third-order valence-corrected chi connectivity index (χ3v) is 6.22. The largest absolute Gasteiger partial charge is 0.507 e. The highest BCUT2D eigenvalue weighted by atomic mass is 35.5. The number of hydrogen-bond acceptors (Lipinski definition) is 6. The summed E-state index contributed by atoms with van der Waals surface area (Å²) in [5, 5.41) is 21.2. The number of benzene rings is 2. The molecule has 2 aromatic carbocycles. The van der Waals surface area contributed by atoms with Crippen LogP contribution in [0.15, 0.2) is 64.8 Å². The first kappa shape index (κ1) is 21.2. The number of carbonyl (C=O) groups is 2. The number of fused-ring (bicyclic) bond motifs is 1. The number of aliphatic hydroxyl groups is 1. The Morgan fingerprint density at radius 2 is 2.00 bits per heavy atom. The molecule has 0 aliphatic carbocycles. The average Bonchev–Trinajstić information content (AvgIpc) is 3.42. The molecule has 3 heterocycles. The molecule has 8 heteroatoms. The topological polar surface area (TPSA) is 100 Å². The number of likely N-dealkylation sites (tertiary alicyclic amines) is 1. The van der Waals surface area contributed by atoms with Crippen LogP contribution in [0.2, 0.25) is 5.02 Å². The number of hydrogen-bond donors (Lipinski definition) is 2. The quantitative estimate of drug-likeness (QED) is 0.332. The standard InChI is InChI=1S/C25H20ClNO6/c26-18-12-15(5-7-19(18)28)22-21(24(30)25(31)27(22)13-17-4-2-9-32-17)23(29)16-6-8-20-14(11-16)3-1-10-33-20/h2,4-9,11-12,22,28-29H,1,3,10,13H2/b23-21-. The smallest absolute Gasteiger partial charge is 0.296 e. The van der Waals surface area contributed by atoms with Gasteiger partial charge in [-0.2, -0.15) is 0 Å². The lowest BCUT2D eigenvalue weighted by atomic mass is 9.94. The van der Waals surface area contributed by atoms with Gasteiger partial charge in [-0.15, -0.1) is 0 Å². The number of furan rings is 1. The molecule has 1 unspecified atom stereocenters. The molecule has 0 saturated carbocycles. The molecular formula is C25H20ClNO6. The maximum Gasteiger partial charge on any atom is 0.296 e. The summed E-state index contributed by atoms with van der Waals surface area (Å²) in [6, 6.07) is 12.1. The molecular weight excluding hydrogens is 446 g/mol. The summed E-state index contributed by atoms with van der Waals surface area (Å²) in [4.78, 5) is 27.5. The normalized spacial score (nSPS) is 19.4. The van der Waals surface area contributed by atoms with Crippen molar-refractivity contribution in [3.8, 4) is 11.5 Å². The van der Waals surface area contributed by atoms with Crippen molar-refractivity contribution < 1.29 is 29.0 Å². The van der Waals surface area contributed by atoms with Crippen LogP contribution >= 0.6 is 11.6 Å². The zero-order chi connectivity index (χ0) is 23.1. The molecule has 2 aliphatic heterocycles. The fourth-order valence-electron chi connectivity index (χ4n) is 4.32. The molecule has 1 saturated heterocycles. The highest BCUT2D eigenvalue weighted by Gasteiger charge is 2.46. The number of aliphatic hydroxyl groups excluding tert-OH is 1. The summed E-state index contributed by atoms with van der Waals surface area (Å²) in [5.41, 5.74) is 1.78. The Bertz CT molecular complexity index is 1280. The summed E-state index contributed by atoms with van der Waals surface area (Å²) in [6.45, 7) is 0.660. The van der Waals surface area contributed by atoms with E-state index in [0.717, 1.165) is 24.2 Å². The molecule has 2 N–H and O–H groups in total. The van der Waals surface area contributed by atoms with E-state index in [1.165, 1.54) is 23.3 Å². The van der Waals surface area contributed by atoms with Gasteiger partial charge in [0.2, 0.25) is 0 Å². The zero-order valence-corrected chi connectivity index (χ0v) is 18.2. The van der Waals surface area contributed by atoms with Crippen molar-refractivity contribution in [2.75, 3.05) is 6.61 Å². The Balaban J connectivity index is 1.65. The summed E-state index contributed by atoms with van der Waals surface area (Å²) >= 11 is 6.13. The first-order chi connectivity index (χ1) is 15.9. The van der Waals surface area contributed by atoms with Crippen LogP contribution < -0.4 is 4.74 Å². The summed E-state index contributed by atoms with van der Waals surface area (Å²) in [5.74, 6) is -0.739. The van der Waals surface area contributed by atoms with Crippen LogP contribution in [-0.4, -0.2) is 33.4 Å². The van der Waals surface area contributed by atoms with Gasteiger partial charge < -0.3 is 24.3 Å². The van der Waals surface area contributed by atoms with E-state index in [1.807, 2.05) is 0 Å².